The molecule has 5 heteroatoms. The summed E-state index contributed by atoms with van der Waals surface area (Å²) < 4.78 is 0. The lowest BCUT2D eigenvalue weighted by molar-refractivity contribution is 0.633. The monoisotopic (exact) mass is 293 g/mol. The lowest BCUT2D eigenvalue weighted by Gasteiger charge is -2.22. The molecule has 2 N–H and O–H groups in total. The Kier molecular flexibility index (Phi) is 5.19. The Labute approximate surface area is 122 Å². The van der Waals surface area contributed by atoms with Gasteiger partial charge in [-0.3, -0.25) is 4.98 Å². The van der Waals surface area contributed by atoms with Gasteiger partial charge in [0.05, 0.1) is 11.4 Å². The zero-order valence-corrected chi connectivity index (χ0v) is 12.2. The zero-order chi connectivity index (χ0) is 13.7. The van der Waals surface area contributed by atoms with Crippen molar-refractivity contribution in [2.45, 2.75) is 29.7 Å². The van der Waals surface area contributed by atoms with E-state index in [4.69, 9.17) is 17.3 Å². The van der Waals surface area contributed by atoms with Crippen molar-refractivity contribution in [3.05, 3.63) is 53.4 Å². The van der Waals surface area contributed by atoms with Crippen molar-refractivity contribution in [2.75, 3.05) is 0 Å². The van der Waals surface area contributed by atoms with E-state index in [0.717, 1.165) is 22.0 Å². The first-order valence-electron chi connectivity index (χ1n) is 6.14. The normalized spacial score (nSPS) is 14.1. The number of halogens is 1. The number of rotatable bonds is 5. The highest BCUT2D eigenvalue weighted by molar-refractivity contribution is 7.99. The Morgan fingerprint density at radius 1 is 1.26 bits per heavy atom. The van der Waals surface area contributed by atoms with Crippen molar-refractivity contribution >= 4 is 23.4 Å². The third kappa shape index (κ3) is 3.93. The van der Waals surface area contributed by atoms with E-state index in [-0.39, 0.29) is 11.3 Å². The Morgan fingerprint density at radius 2 is 2.00 bits per heavy atom. The molecule has 2 rings (SSSR count). The van der Waals surface area contributed by atoms with Crippen LogP contribution in [0.25, 0.3) is 0 Å². The molecule has 2 atom stereocenters. The maximum atomic E-state index is 6.23. The second-order valence-corrected chi connectivity index (χ2v) is 5.80. The Hall–Kier alpha value is -1.10. The van der Waals surface area contributed by atoms with E-state index < -0.39 is 0 Å². The molecule has 0 radical (unpaired) electrons. The lowest BCUT2D eigenvalue weighted by atomic mass is 10.0. The number of hydrogen-bond acceptors (Lipinski definition) is 4. The number of aromatic nitrogens is 2. The van der Waals surface area contributed by atoms with E-state index >= 15 is 0 Å². The fourth-order valence-electron chi connectivity index (χ4n) is 1.75. The lowest BCUT2D eigenvalue weighted by Crippen LogP contribution is -2.25. The smallest absolute Gasteiger partial charge is 0.115 e. The summed E-state index contributed by atoms with van der Waals surface area (Å²) in [6, 6.07) is 7.89. The first-order valence-corrected chi connectivity index (χ1v) is 7.40. The third-order valence-corrected chi connectivity index (χ3v) is 4.43. The Morgan fingerprint density at radius 3 is 2.58 bits per heavy atom. The van der Waals surface area contributed by atoms with Crippen molar-refractivity contribution in [3.8, 4) is 0 Å². The van der Waals surface area contributed by atoms with Crippen molar-refractivity contribution in [1.29, 1.82) is 0 Å². The van der Waals surface area contributed by atoms with Gasteiger partial charge in [0.2, 0.25) is 0 Å². The van der Waals surface area contributed by atoms with Crippen LogP contribution in [0.5, 0.6) is 0 Å². The van der Waals surface area contributed by atoms with Crippen LogP contribution in [0.1, 0.15) is 24.2 Å². The highest BCUT2D eigenvalue weighted by Gasteiger charge is 2.20. The summed E-state index contributed by atoms with van der Waals surface area (Å²) in [6.07, 6.45) is 6.02. The molecular formula is C14H16ClN3S. The summed E-state index contributed by atoms with van der Waals surface area (Å²) in [5, 5.41) is 1.77. The summed E-state index contributed by atoms with van der Waals surface area (Å²) in [7, 11) is 0. The number of benzene rings is 1. The summed E-state index contributed by atoms with van der Waals surface area (Å²) in [6.45, 7) is 2.09. The van der Waals surface area contributed by atoms with E-state index in [0.29, 0.717) is 0 Å². The van der Waals surface area contributed by atoms with Crippen LogP contribution in [0.3, 0.4) is 0 Å². The van der Waals surface area contributed by atoms with Gasteiger partial charge in [0.15, 0.2) is 0 Å². The van der Waals surface area contributed by atoms with Crippen LogP contribution >= 0.6 is 23.4 Å². The molecule has 0 spiro atoms. The second kappa shape index (κ2) is 6.89. The molecule has 0 amide bonds. The van der Waals surface area contributed by atoms with Gasteiger partial charge >= 0.3 is 0 Å². The van der Waals surface area contributed by atoms with E-state index in [2.05, 4.69) is 16.9 Å². The first kappa shape index (κ1) is 14.3. The molecule has 100 valence electrons. The van der Waals surface area contributed by atoms with Gasteiger partial charge in [0.1, 0.15) is 5.03 Å². The van der Waals surface area contributed by atoms with Gasteiger partial charge < -0.3 is 5.73 Å². The molecule has 1 aromatic heterocycles. The third-order valence-electron chi connectivity index (χ3n) is 2.85. The van der Waals surface area contributed by atoms with E-state index in [1.807, 2.05) is 24.3 Å². The fourth-order valence-corrected chi connectivity index (χ4v) is 3.04. The van der Waals surface area contributed by atoms with Crippen LogP contribution < -0.4 is 5.73 Å². The molecular weight excluding hydrogens is 278 g/mol. The highest BCUT2D eigenvalue weighted by atomic mass is 35.5. The first-order chi connectivity index (χ1) is 9.20. The average molecular weight is 294 g/mol. The van der Waals surface area contributed by atoms with Crippen molar-refractivity contribution in [3.63, 3.8) is 0 Å². The van der Waals surface area contributed by atoms with Gasteiger partial charge in [-0.25, -0.2) is 4.98 Å². The number of nitrogens with zero attached hydrogens (tertiary/aromatic N) is 2. The molecule has 1 heterocycles. The second-order valence-electron chi connectivity index (χ2n) is 4.21. The maximum absolute atomic E-state index is 6.23. The minimum Gasteiger partial charge on any atom is -0.326 e. The molecule has 0 fully saturated rings. The van der Waals surface area contributed by atoms with Gasteiger partial charge in [-0.15, -0.1) is 0 Å². The fraction of sp³-hybridized carbons (Fsp3) is 0.286. The zero-order valence-electron chi connectivity index (χ0n) is 10.7. The predicted molar refractivity (Wildman–Crippen MR) is 80.3 cm³/mol. The van der Waals surface area contributed by atoms with E-state index in [1.165, 1.54) is 0 Å². The molecule has 0 bridgehead atoms. The van der Waals surface area contributed by atoms with Crippen molar-refractivity contribution < 1.29 is 0 Å². The van der Waals surface area contributed by atoms with Gasteiger partial charge in [-0.05, 0) is 24.1 Å². The van der Waals surface area contributed by atoms with Crippen LogP contribution in [-0.2, 0) is 0 Å². The largest absolute Gasteiger partial charge is 0.326 e. The van der Waals surface area contributed by atoms with E-state index in [1.54, 1.807) is 30.4 Å². The summed E-state index contributed by atoms with van der Waals surface area (Å²) in [4.78, 5) is 8.38. The average Bonchev–Trinajstić information content (AvgIpc) is 2.46. The van der Waals surface area contributed by atoms with Crippen LogP contribution in [0.2, 0.25) is 5.02 Å². The van der Waals surface area contributed by atoms with Gasteiger partial charge in [-0.1, -0.05) is 42.4 Å². The van der Waals surface area contributed by atoms with Gasteiger partial charge in [0, 0.05) is 23.5 Å². The van der Waals surface area contributed by atoms with Crippen molar-refractivity contribution in [2.24, 2.45) is 5.73 Å². The topological polar surface area (TPSA) is 51.8 Å². The van der Waals surface area contributed by atoms with Crippen LogP contribution in [-0.4, -0.2) is 16.0 Å². The van der Waals surface area contributed by atoms with Crippen LogP contribution in [0.15, 0.2) is 47.9 Å². The Balaban J connectivity index is 2.23. The predicted octanol–water partition coefficient (Wildman–Crippen LogP) is 3.70. The van der Waals surface area contributed by atoms with Crippen molar-refractivity contribution in [1.82, 2.24) is 9.97 Å². The maximum Gasteiger partial charge on any atom is 0.115 e. The summed E-state index contributed by atoms with van der Waals surface area (Å²) >= 11 is 7.57. The molecule has 0 saturated heterocycles. The Bertz CT molecular complexity index is 504. The molecule has 2 unspecified atom stereocenters. The molecule has 0 saturated carbocycles. The molecule has 1 aromatic carbocycles. The molecule has 19 heavy (non-hydrogen) atoms. The molecule has 0 aliphatic rings. The SMILES string of the molecule is CCC(N)C(Sc1cnccn1)c1ccc(Cl)cc1. The molecule has 0 aliphatic heterocycles. The number of thioether (sulfide) groups is 1. The van der Waals surface area contributed by atoms with Crippen LogP contribution in [0, 0.1) is 0 Å². The standard InChI is InChI=1S/C14H16ClN3S/c1-2-12(16)14(10-3-5-11(15)6-4-10)19-13-9-17-7-8-18-13/h3-9,12,14H,2,16H2,1H3. The molecule has 3 nitrogen and oxygen atoms in total. The number of nitrogens with two attached hydrogens (primary N) is 1. The van der Waals surface area contributed by atoms with Crippen LogP contribution in [0.4, 0.5) is 0 Å². The van der Waals surface area contributed by atoms with Gasteiger partial charge in [0.25, 0.3) is 0 Å². The van der Waals surface area contributed by atoms with E-state index in [9.17, 15) is 0 Å². The van der Waals surface area contributed by atoms with Gasteiger partial charge in [-0.2, -0.15) is 0 Å². The quantitative estimate of drug-likeness (QED) is 0.854. The minimum absolute atomic E-state index is 0.0631. The minimum atomic E-state index is 0.0631. The highest BCUT2D eigenvalue weighted by Crippen LogP contribution is 2.37. The molecule has 2 aromatic rings. The molecule has 0 aliphatic carbocycles. The summed E-state index contributed by atoms with van der Waals surface area (Å²) in [5.74, 6) is 0. The summed E-state index contributed by atoms with van der Waals surface area (Å²) in [5.41, 5.74) is 7.39. The number of hydrogen-bond donors (Lipinski definition) is 1.